The molecule has 0 bridgehead atoms. The monoisotopic (exact) mass is 457 g/mol. The Hall–Kier alpha value is -2.94. The van der Waals surface area contributed by atoms with Crippen molar-refractivity contribution in [2.45, 2.75) is 6.61 Å². The SMILES string of the molecule is COc1cc(C(=O)Nc2nc(-c3ccc(Cl)cc3)cs2)ccc1OCc1cscn1. The maximum Gasteiger partial charge on any atom is 0.257 e. The van der Waals surface area contributed by atoms with Gasteiger partial charge in [-0.1, -0.05) is 23.7 Å². The van der Waals surface area contributed by atoms with E-state index in [0.717, 1.165) is 17.0 Å². The number of benzene rings is 2. The minimum Gasteiger partial charge on any atom is -0.493 e. The third-order valence-corrected chi connectivity index (χ3v) is 5.79. The minimum absolute atomic E-state index is 0.281. The van der Waals surface area contributed by atoms with E-state index in [1.54, 1.807) is 35.8 Å². The van der Waals surface area contributed by atoms with E-state index in [4.69, 9.17) is 21.1 Å². The van der Waals surface area contributed by atoms with Crippen LogP contribution in [-0.4, -0.2) is 23.0 Å². The summed E-state index contributed by atoms with van der Waals surface area (Å²) in [6.07, 6.45) is 0. The van der Waals surface area contributed by atoms with Crippen molar-refractivity contribution in [3.8, 4) is 22.8 Å². The number of ether oxygens (including phenoxy) is 2. The Balaban J connectivity index is 1.45. The fraction of sp³-hybridized carbons (Fsp3) is 0.0952. The summed E-state index contributed by atoms with van der Waals surface area (Å²) < 4.78 is 11.1. The van der Waals surface area contributed by atoms with Gasteiger partial charge >= 0.3 is 0 Å². The van der Waals surface area contributed by atoms with Gasteiger partial charge in [-0.3, -0.25) is 10.1 Å². The van der Waals surface area contributed by atoms with Crippen molar-refractivity contribution in [3.05, 3.63) is 75.0 Å². The number of methoxy groups -OCH3 is 1. The van der Waals surface area contributed by atoms with Crippen LogP contribution in [0.4, 0.5) is 5.13 Å². The van der Waals surface area contributed by atoms with Crippen LogP contribution in [0.5, 0.6) is 11.5 Å². The molecule has 0 aliphatic rings. The first-order valence-corrected chi connectivity index (χ1v) is 11.0. The van der Waals surface area contributed by atoms with Gasteiger partial charge in [0.1, 0.15) is 6.61 Å². The van der Waals surface area contributed by atoms with E-state index in [1.807, 2.05) is 22.9 Å². The highest BCUT2D eigenvalue weighted by molar-refractivity contribution is 7.14. The lowest BCUT2D eigenvalue weighted by molar-refractivity contribution is 0.102. The van der Waals surface area contributed by atoms with Crippen molar-refractivity contribution in [1.29, 1.82) is 0 Å². The van der Waals surface area contributed by atoms with Crippen LogP contribution >= 0.6 is 34.3 Å². The van der Waals surface area contributed by atoms with Gasteiger partial charge in [-0.2, -0.15) is 0 Å². The van der Waals surface area contributed by atoms with Gasteiger partial charge < -0.3 is 9.47 Å². The van der Waals surface area contributed by atoms with Gasteiger partial charge in [0.25, 0.3) is 5.91 Å². The molecular weight excluding hydrogens is 442 g/mol. The molecule has 6 nitrogen and oxygen atoms in total. The lowest BCUT2D eigenvalue weighted by Crippen LogP contribution is -2.12. The molecule has 1 N–H and O–H groups in total. The third kappa shape index (κ3) is 4.79. The second kappa shape index (κ2) is 9.25. The summed E-state index contributed by atoms with van der Waals surface area (Å²) in [7, 11) is 1.53. The van der Waals surface area contributed by atoms with E-state index in [-0.39, 0.29) is 5.91 Å². The molecule has 2 aromatic carbocycles. The molecule has 2 aromatic heterocycles. The van der Waals surface area contributed by atoms with Crippen LogP contribution in [-0.2, 0) is 6.61 Å². The average molecular weight is 458 g/mol. The lowest BCUT2D eigenvalue weighted by Gasteiger charge is -2.11. The number of halogens is 1. The molecule has 30 heavy (non-hydrogen) atoms. The molecule has 0 aliphatic carbocycles. The Kier molecular flexibility index (Phi) is 6.27. The van der Waals surface area contributed by atoms with Crippen LogP contribution < -0.4 is 14.8 Å². The van der Waals surface area contributed by atoms with Crippen LogP contribution in [0.1, 0.15) is 16.1 Å². The van der Waals surface area contributed by atoms with Crippen molar-refractivity contribution < 1.29 is 14.3 Å². The number of hydrogen-bond acceptors (Lipinski definition) is 7. The molecule has 0 unspecified atom stereocenters. The molecule has 0 atom stereocenters. The molecule has 4 aromatic rings. The predicted molar refractivity (Wildman–Crippen MR) is 120 cm³/mol. The lowest BCUT2D eigenvalue weighted by atomic mass is 10.2. The number of carbonyl (C=O) groups is 1. The first-order valence-electron chi connectivity index (χ1n) is 8.83. The molecule has 1 amide bonds. The topological polar surface area (TPSA) is 73.3 Å². The predicted octanol–water partition coefficient (Wildman–Crippen LogP) is 5.76. The van der Waals surface area contributed by atoms with Crippen LogP contribution in [0.2, 0.25) is 5.02 Å². The van der Waals surface area contributed by atoms with E-state index in [2.05, 4.69) is 15.3 Å². The molecular formula is C21H16ClN3O3S2. The van der Waals surface area contributed by atoms with Gasteiger partial charge in [0.15, 0.2) is 16.6 Å². The molecule has 0 saturated heterocycles. The normalized spacial score (nSPS) is 10.6. The van der Waals surface area contributed by atoms with Crippen molar-refractivity contribution in [2.75, 3.05) is 12.4 Å². The number of nitrogens with one attached hydrogen (secondary N) is 1. The first kappa shape index (κ1) is 20.3. The summed E-state index contributed by atoms with van der Waals surface area (Å²) in [5.41, 5.74) is 4.73. The highest BCUT2D eigenvalue weighted by Gasteiger charge is 2.14. The molecule has 9 heteroatoms. The zero-order valence-electron chi connectivity index (χ0n) is 15.8. The molecule has 0 aliphatic heterocycles. The second-order valence-electron chi connectivity index (χ2n) is 6.13. The fourth-order valence-corrected chi connectivity index (χ4v) is 4.03. The maximum atomic E-state index is 12.7. The van der Waals surface area contributed by atoms with Crippen molar-refractivity contribution in [2.24, 2.45) is 0 Å². The summed E-state index contributed by atoms with van der Waals surface area (Å²) in [5, 5.41) is 7.79. The summed E-state index contributed by atoms with van der Waals surface area (Å²) in [4.78, 5) is 21.3. The molecule has 4 rings (SSSR count). The Labute approximate surface area is 186 Å². The third-order valence-electron chi connectivity index (χ3n) is 4.15. The molecule has 2 heterocycles. The van der Waals surface area contributed by atoms with Gasteiger partial charge in [-0.15, -0.1) is 22.7 Å². The summed E-state index contributed by atoms with van der Waals surface area (Å²) >= 11 is 8.79. The summed E-state index contributed by atoms with van der Waals surface area (Å²) in [6.45, 7) is 0.331. The van der Waals surface area contributed by atoms with Crippen molar-refractivity contribution in [1.82, 2.24) is 9.97 Å². The highest BCUT2D eigenvalue weighted by atomic mass is 35.5. The fourth-order valence-electron chi connectivity index (χ4n) is 2.64. The minimum atomic E-state index is -0.281. The van der Waals surface area contributed by atoms with Crippen molar-refractivity contribution in [3.63, 3.8) is 0 Å². The number of carbonyl (C=O) groups excluding carboxylic acids is 1. The molecule has 152 valence electrons. The second-order valence-corrected chi connectivity index (χ2v) is 8.15. The number of rotatable bonds is 7. The summed E-state index contributed by atoms with van der Waals surface area (Å²) in [5.74, 6) is 0.733. The Morgan fingerprint density at radius 1 is 1.13 bits per heavy atom. The van der Waals surface area contributed by atoms with Gasteiger partial charge in [0, 0.05) is 26.9 Å². The summed E-state index contributed by atoms with van der Waals surface area (Å²) in [6, 6.07) is 12.4. The van der Waals surface area contributed by atoms with E-state index < -0.39 is 0 Å². The van der Waals surface area contributed by atoms with Crippen LogP contribution in [0.25, 0.3) is 11.3 Å². The van der Waals surface area contributed by atoms with Gasteiger partial charge in [0.05, 0.1) is 24.0 Å². The van der Waals surface area contributed by atoms with E-state index in [0.29, 0.717) is 33.8 Å². The zero-order valence-corrected chi connectivity index (χ0v) is 18.2. The van der Waals surface area contributed by atoms with E-state index in [1.165, 1.54) is 29.8 Å². The van der Waals surface area contributed by atoms with Crippen molar-refractivity contribution >= 4 is 45.3 Å². The van der Waals surface area contributed by atoms with Gasteiger partial charge in [0.2, 0.25) is 0 Å². The van der Waals surface area contributed by atoms with E-state index in [9.17, 15) is 4.79 Å². The molecule has 0 spiro atoms. The van der Waals surface area contributed by atoms with Gasteiger partial charge in [-0.05, 0) is 30.3 Å². The molecule has 0 radical (unpaired) electrons. The van der Waals surface area contributed by atoms with Crippen LogP contribution in [0.3, 0.4) is 0 Å². The number of nitrogens with zero attached hydrogens (tertiary/aromatic N) is 2. The van der Waals surface area contributed by atoms with Crippen LogP contribution in [0, 0.1) is 0 Å². The zero-order chi connectivity index (χ0) is 20.9. The number of anilines is 1. The maximum absolute atomic E-state index is 12.7. The van der Waals surface area contributed by atoms with Crippen LogP contribution in [0.15, 0.2) is 58.7 Å². The number of hydrogen-bond donors (Lipinski definition) is 1. The molecule has 0 fully saturated rings. The Morgan fingerprint density at radius 2 is 1.97 bits per heavy atom. The highest BCUT2D eigenvalue weighted by Crippen LogP contribution is 2.30. The Bertz CT molecular complexity index is 1140. The number of thiazole rings is 2. The quantitative estimate of drug-likeness (QED) is 0.382. The average Bonchev–Trinajstić information content (AvgIpc) is 3.45. The molecule has 0 saturated carbocycles. The smallest absolute Gasteiger partial charge is 0.257 e. The number of aromatic nitrogens is 2. The largest absolute Gasteiger partial charge is 0.493 e. The first-order chi connectivity index (χ1) is 14.6. The number of amides is 1. The Morgan fingerprint density at radius 3 is 2.70 bits per heavy atom. The van der Waals surface area contributed by atoms with Gasteiger partial charge in [-0.25, -0.2) is 9.97 Å². The van der Waals surface area contributed by atoms with E-state index >= 15 is 0 Å². The standard InChI is InChI=1S/C21H16ClN3O3S2/c1-27-19-8-14(4-7-18(19)28-9-16-10-29-12-23-16)20(26)25-21-24-17(11-30-21)13-2-5-15(22)6-3-13/h2-8,10-12H,9H2,1H3,(H,24,25,26).